The number of esters is 1. The third kappa shape index (κ3) is 20.8. The van der Waals surface area contributed by atoms with E-state index in [9.17, 15) is 4.79 Å². The van der Waals surface area contributed by atoms with Gasteiger partial charge < -0.3 is 14.9 Å². The van der Waals surface area contributed by atoms with Crippen LogP contribution >= 0.6 is 0 Å². The molecule has 0 radical (unpaired) electrons. The van der Waals surface area contributed by atoms with E-state index < -0.39 is 6.10 Å². The Hall–Kier alpha value is -1.39. The van der Waals surface area contributed by atoms with Gasteiger partial charge in [0.2, 0.25) is 0 Å². The third-order valence-corrected chi connectivity index (χ3v) is 4.18. The van der Waals surface area contributed by atoms with Crippen LogP contribution in [0.15, 0.2) is 36.5 Å². The monoisotopic (exact) mass is 380 g/mol. The summed E-state index contributed by atoms with van der Waals surface area (Å²) >= 11 is 0. The molecule has 0 aromatic heterocycles. The summed E-state index contributed by atoms with van der Waals surface area (Å²) in [6.07, 6.45) is 25.2. The van der Waals surface area contributed by atoms with E-state index in [1.165, 1.54) is 25.7 Å². The fourth-order valence-electron chi connectivity index (χ4n) is 2.56. The van der Waals surface area contributed by atoms with Crippen LogP contribution in [-0.4, -0.2) is 35.5 Å². The Bertz CT molecular complexity index is 413. The van der Waals surface area contributed by atoms with Gasteiger partial charge in [0.15, 0.2) is 0 Å². The molecule has 1 atom stereocenters. The highest BCUT2D eigenvalue weighted by Gasteiger charge is 2.07. The van der Waals surface area contributed by atoms with Gasteiger partial charge >= 0.3 is 5.97 Å². The van der Waals surface area contributed by atoms with Crippen molar-refractivity contribution in [1.29, 1.82) is 0 Å². The molecule has 0 aromatic carbocycles. The quantitative estimate of drug-likeness (QED) is 0.193. The summed E-state index contributed by atoms with van der Waals surface area (Å²) in [5.74, 6) is -0.290. The van der Waals surface area contributed by atoms with Crippen LogP contribution in [-0.2, 0) is 9.53 Å². The van der Waals surface area contributed by atoms with E-state index in [1.807, 2.05) is 0 Å². The fourth-order valence-corrected chi connectivity index (χ4v) is 2.56. The van der Waals surface area contributed by atoms with Crippen molar-refractivity contribution in [2.45, 2.75) is 90.1 Å². The molecule has 0 saturated heterocycles. The van der Waals surface area contributed by atoms with Crippen molar-refractivity contribution in [2.75, 3.05) is 13.2 Å². The second-order valence-corrected chi connectivity index (χ2v) is 6.83. The Morgan fingerprint density at radius 3 is 2.04 bits per heavy atom. The molecule has 27 heavy (non-hydrogen) atoms. The molecule has 156 valence electrons. The third-order valence-electron chi connectivity index (χ3n) is 4.18. The molecule has 0 spiro atoms. The predicted octanol–water partition coefficient (Wildman–Crippen LogP) is 5.25. The zero-order valence-corrected chi connectivity index (χ0v) is 17.2. The number of allylic oxidation sites excluding steroid dienone is 6. The summed E-state index contributed by atoms with van der Waals surface area (Å²) in [6, 6.07) is 0. The van der Waals surface area contributed by atoms with Gasteiger partial charge in [0.25, 0.3) is 0 Å². The Balaban J connectivity index is 3.30. The number of aliphatic hydroxyl groups excluding tert-OH is 2. The van der Waals surface area contributed by atoms with Crippen molar-refractivity contribution in [3.8, 4) is 0 Å². The molecule has 0 unspecified atom stereocenters. The number of carbonyl (C=O) groups excluding carboxylic acids is 1. The molecule has 0 aliphatic rings. The lowest BCUT2D eigenvalue weighted by molar-refractivity contribution is -0.147. The number of unbranched alkanes of at least 4 members (excludes halogenated alkanes) is 7. The van der Waals surface area contributed by atoms with E-state index in [0.29, 0.717) is 6.42 Å². The number of hydrogen-bond donors (Lipinski definition) is 2. The van der Waals surface area contributed by atoms with Gasteiger partial charge in [0.05, 0.1) is 6.61 Å². The van der Waals surface area contributed by atoms with Gasteiger partial charge in [-0.15, -0.1) is 0 Å². The SMILES string of the molecule is CC/C=C\C/C=C\C/C=C\CCCCCCCCCC(=O)OC[C@@H](O)CO. The summed E-state index contributed by atoms with van der Waals surface area (Å²) in [7, 11) is 0. The molecule has 0 fully saturated rings. The van der Waals surface area contributed by atoms with Crippen LogP contribution < -0.4 is 0 Å². The number of carbonyl (C=O) groups is 1. The molecule has 0 aliphatic carbocycles. The number of ether oxygens (including phenoxy) is 1. The molecular weight excluding hydrogens is 340 g/mol. The lowest BCUT2D eigenvalue weighted by Crippen LogP contribution is -2.21. The van der Waals surface area contributed by atoms with Crippen LogP contribution in [0.4, 0.5) is 0 Å². The summed E-state index contributed by atoms with van der Waals surface area (Å²) in [5, 5.41) is 17.7. The minimum atomic E-state index is -0.965. The second-order valence-electron chi connectivity index (χ2n) is 6.83. The number of rotatable bonds is 18. The maximum Gasteiger partial charge on any atom is 0.305 e. The zero-order chi connectivity index (χ0) is 20.0. The summed E-state index contributed by atoms with van der Waals surface area (Å²) in [5.41, 5.74) is 0. The highest BCUT2D eigenvalue weighted by Crippen LogP contribution is 2.10. The molecule has 0 heterocycles. The highest BCUT2D eigenvalue weighted by molar-refractivity contribution is 5.69. The standard InChI is InChI=1S/C23H40O4/c1-2-3-4-5-6-7-8-9-10-11-12-13-14-15-16-17-18-19-23(26)27-21-22(25)20-24/h3-4,6-7,9-10,22,24-25H,2,5,8,11-21H2,1H3/b4-3-,7-6-,10-9-/t22-/m0/s1. The van der Waals surface area contributed by atoms with Gasteiger partial charge in [0, 0.05) is 6.42 Å². The molecule has 4 heteroatoms. The average Bonchev–Trinajstić information content (AvgIpc) is 2.68. The summed E-state index contributed by atoms with van der Waals surface area (Å²) < 4.78 is 4.86. The van der Waals surface area contributed by atoms with Crippen LogP contribution in [0, 0.1) is 0 Å². The van der Waals surface area contributed by atoms with Crippen molar-refractivity contribution in [3.63, 3.8) is 0 Å². The van der Waals surface area contributed by atoms with E-state index in [0.717, 1.165) is 44.9 Å². The lowest BCUT2D eigenvalue weighted by Gasteiger charge is -2.08. The van der Waals surface area contributed by atoms with E-state index in [4.69, 9.17) is 14.9 Å². The molecule has 0 rings (SSSR count). The molecule has 0 amide bonds. The van der Waals surface area contributed by atoms with E-state index in [2.05, 4.69) is 43.4 Å². The lowest BCUT2D eigenvalue weighted by atomic mass is 10.1. The summed E-state index contributed by atoms with van der Waals surface area (Å²) in [6.45, 7) is 1.66. The van der Waals surface area contributed by atoms with Crippen LogP contribution in [0.25, 0.3) is 0 Å². The molecular formula is C23H40O4. The van der Waals surface area contributed by atoms with Crippen molar-refractivity contribution >= 4 is 5.97 Å². The van der Waals surface area contributed by atoms with Crippen LogP contribution in [0.1, 0.15) is 84.0 Å². The van der Waals surface area contributed by atoms with Crippen molar-refractivity contribution in [1.82, 2.24) is 0 Å². The van der Waals surface area contributed by atoms with Crippen LogP contribution in [0.5, 0.6) is 0 Å². The zero-order valence-electron chi connectivity index (χ0n) is 17.2. The fraction of sp³-hybridized carbons (Fsp3) is 0.696. The first-order valence-corrected chi connectivity index (χ1v) is 10.6. The highest BCUT2D eigenvalue weighted by atomic mass is 16.5. The first-order chi connectivity index (χ1) is 13.2. The first kappa shape index (κ1) is 25.6. The van der Waals surface area contributed by atoms with E-state index >= 15 is 0 Å². The number of hydrogen-bond acceptors (Lipinski definition) is 4. The summed E-state index contributed by atoms with van der Waals surface area (Å²) in [4.78, 5) is 11.4. The van der Waals surface area contributed by atoms with Crippen molar-refractivity contribution in [2.24, 2.45) is 0 Å². The van der Waals surface area contributed by atoms with Gasteiger partial charge in [0.1, 0.15) is 12.7 Å². The Kier molecular flexibility index (Phi) is 19.8. The van der Waals surface area contributed by atoms with Crippen molar-refractivity contribution < 1.29 is 19.7 Å². The van der Waals surface area contributed by atoms with Gasteiger partial charge in [-0.2, -0.15) is 0 Å². The molecule has 4 nitrogen and oxygen atoms in total. The van der Waals surface area contributed by atoms with E-state index in [-0.39, 0.29) is 19.2 Å². The predicted molar refractivity (Wildman–Crippen MR) is 113 cm³/mol. The largest absolute Gasteiger partial charge is 0.463 e. The maximum absolute atomic E-state index is 11.4. The average molecular weight is 381 g/mol. The first-order valence-electron chi connectivity index (χ1n) is 10.6. The molecule has 0 aliphatic heterocycles. The minimum Gasteiger partial charge on any atom is -0.463 e. The van der Waals surface area contributed by atoms with Gasteiger partial charge in [-0.1, -0.05) is 75.5 Å². The number of aliphatic hydroxyl groups is 2. The van der Waals surface area contributed by atoms with Crippen LogP contribution in [0.3, 0.4) is 0 Å². The molecule has 0 aromatic rings. The normalized spacial score (nSPS) is 13.1. The van der Waals surface area contributed by atoms with E-state index in [1.54, 1.807) is 0 Å². The Morgan fingerprint density at radius 1 is 0.852 bits per heavy atom. The van der Waals surface area contributed by atoms with Gasteiger partial charge in [-0.25, -0.2) is 0 Å². The molecule has 2 N–H and O–H groups in total. The minimum absolute atomic E-state index is 0.115. The van der Waals surface area contributed by atoms with Crippen molar-refractivity contribution in [3.05, 3.63) is 36.5 Å². The molecule has 0 saturated carbocycles. The Morgan fingerprint density at radius 2 is 1.41 bits per heavy atom. The Labute approximate surface area is 166 Å². The van der Waals surface area contributed by atoms with Gasteiger partial charge in [-0.05, 0) is 38.5 Å². The van der Waals surface area contributed by atoms with Gasteiger partial charge in [-0.3, -0.25) is 4.79 Å². The topological polar surface area (TPSA) is 66.8 Å². The maximum atomic E-state index is 11.4. The smallest absolute Gasteiger partial charge is 0.305 e. The molecule has 0 bridgehead atoms. The second kappa shape index (κ2) is 20.9. The van der Waals surface area contributed by atoms with Crippen LogP contribution in [0.2, 0.25) is 0 Å².